The second-order valence-electron chi connectivity index (χ2n) is 10.3. The number of nitrogens with zero attached hydrogens (tertiary/aromatic N) is 2. The minimum Gasteiger partial charge on any atom is -0.492 e. The van der Waals surface area contributed by atoms with Gasteiger partial charge in [0.1, 0.15) is 0 Å². The number of fused-ring (bicyclic) bond motifs is 5. The number of allylic oxidation sites excluding steroid dienone is 5. The molecule has 0 radical (unpaired) electrons. The van der Waals surface area contributed by atoms with Gasteiger partial charge in [-0.15, -0.1) is 0 Å². The van der Waals surface area contributed by atoms with Gasteiger partial charge in [-0.2, -0.15) is 5.26 Å². The maximum absolute atomic E-state index is 13.6. The summed E-state index contributed by atoms with van der Waals surface area (Å²) in [6.07, 6.45) is 0.437. The fourth-order valence-electron chi connectivity index (χ4n) is 7.27. The van der Waals surface area contributed by atoms with Crippen molar-refractivity contribution in [1.29, 1.82) is 5.26 Å². The molecular formula is C27H28N2O6. The number of hydrogen-bond acceptors (Lipinski definition) is 8. The molecule has 0 aromatic carbocycles. The van der Waals surface area contributed by atoms with E-state index in [9.17, 15) is 29.5 Å². The second kappa shape index (κ2) is 7.94. The zero-order valence-electron chi connectivity index (χ0n) is 20.5. The number of aliphatic hydroxyl groups is 1. The van der Waals surface area contributed by atoms with Crippen LogP contribution in [0, 0.1) is 35.0 Å². The molecule has 8 heteroatoms. The van der Waals surface area contributed by atoms with Gasteiger partial charge in [-0.3, -0.25) is 24.1 Å². The fraction of sp³-hybridized carbons (Fsp3) is 0.519. The predicted molar refractivity (Wildman–Crippen MR) is 123 cm³/mol. The molecule has 1 saturated heterocycles. The highest BCUT2D eigenvalue weighted by Crippen LogP contribution is 2.56. The zero-order chi connectivity index (χ0) is 25.5. The Bertz CT molecular complexity index is 1290. The van der Waals surface area contributed by atoms with Crippen LogP contribution in [0.3, 0.4) is 0 Å². The third kappa shape index (κ3) is 2.85. The summed E-state index contributed by atoms with van der Waals surface area (Å²) in [6, 6.07) is 1.51. The maximum Gasteiger partial charge on any atom is 0.225 e. The number of carbonyl (C=O) groups excluding carboxylic acids is 4. The van der Waals surface area contributed by atoms with Crippen LogP contribution in [0.2, 0.25) is 0 Å². The van der Waals surface area contributed by atoms with Crippen molar-refractivity contribution in [3.8, 4) is 6.07 Å². The van der Waals surface area contributed by atoms with Gasteiger partial charge in [0.15, 0.2) is 23.1 Å². The van der Waals surface area contributed by atoms with E-state index < -0.39 is 29.7 Å². The number of piperidine rings is 1. The Kier molecular flexibility index (Phi) is 5.35. The number of nitriles is 1. The van der Waals surface area contributed by atoms with E-state index in [1.54, 1.807) is 20.8 Å². The van der Waals surface area contributed by atoms with Gasteiger partial charge in [-0.05, 0) is 52.5 Å². The quantitative estimate of drug-likeness (QED) is 0.596. The van der Waals surface area contributed by atoms with Crippen molar-refractivity contribution < 1.29 is 29.0 Å². The first-order valence-electron chi connectivity index (χ1n) is 11.9. The second-order valence-corrected chi connectivity index (χ2v) is 10.3. The number of likely N-dealkylation sites (N-methyl/N-ethyl adjacent to an activating group) is 1. The van der Waals surface area contributed by atoms with E-state index in [0.717, 1.165) is 0 Å². The van der Waals surface area contributed by atoms with Crippen LogP contribution in [-0.4, -0.2) is 66.0 Å². The van der Waals surface area contributed by atoms with Gasteiger partial charge in [0.05, 0.1) is 25.7 Å². The Morgan fingerprint density at radius 1 is 0.943 bits per heavy atom. The Labute approximate surface area is 203 Å². The van der Waals surface area contributed by atoms with Crippen molar-refractivity contribution in [2.75, 3.05) is 20.8 Å². The van der Waals surface area contributed by atoms with Gasteiger partial charge in [-0.1, -0.05) is 0 Å². The van der Waals surface area contributed by atoms with Gasteiger partial charge in [0, 0.05) is 57.0 Å². The molecule has 8 nitrogen and oxygen atoms in total. The standard InChI is InChI=1S/C27H28N2O6/c1-10-11(2)25(33)20-14(23(10)31)6-13-19(17(20)9-30)16(8-28)18-7-15-21(22(13)29(18)4)26(34)27(35-5)12(3)24(15)32/h13,16-19,22,30H,6-7,9H2,1-5H3/t13-,16+,17-,18?,19?,22?/m1/s1. The molecule has 0 saturated carbocycles. The number of aliphatic hydroxyl groups excluding tert-OH is 1. The van der Waals surface area contributed by atoms with Gasteiger partial charge >= 0.3 is 0 Å². The smallest absolute Gasteiger partial charge is 0.225 e. The van der Waals surface area contributed by atoms with Crippen molar-refractivity contribution in [1.82, 2.24) is 4.90 Å². The third-order valence-electron chi connectivity index (χ3n) is 9.04. The summed E-state index contributed by atoms with van der Waals surface area (Å²) in [5, 5.41) is 20.8. The number of ketones is 4. The van der Waals surface area contributed by atoms with E-state index in [1.807, 2.05) is 11.9 Å². The molecule has 182 valence electrons. The van der Waals surface area contributed by atoms with Crippen molar-refractivity contribution in [2.24, 2.45) is 23.7 Å². The molecule has 1 fully saturated rings. The Balaban J connectivity index is 1.72. The SMILES string of the molecule is COC1=C(C)C(=O)C2=C(C1=O)C1[C@@H]3CC4=C(C(=O)C(C)=C(C)C4=O)[C@H](CO)C3[C@@H](C#N)C(C2)N1C. The first-order chi connectivity index (χ1) is 16.6. The summed E-state index contributed by atoms with van der Waals surface area (Å²) in [4.78, 5) is 55.5. The molecule has 5 aliphatic rings. The van der Waals surface area contributed by atoms with Gasteiger partial charge < -0.3 is 9.84 Å². The highest BCUT2D eigenvalue weighted by molar-refractivity contribution is 6.26. The lowest BCUT2D eigenvalue weighted by atomic mass is 9.53. The lowest BCUT2D eigenvalue weighted by Crippen LogP contribution is -2.64. The van der Waals surface area contributed by atoms with E-state index in [0.29, 0.717) is 33.4 Å². The average molecular weight is 477 g/mol. The minimum absolute atomic E-state index is 0.0207. The Hall–Kier alpha value is -3.15. The number of hydrogen-bond donors (Lipinski definition) is 1. The number of carbonyl (C=O) groups is 4. The van der Waals surface area contributed by atoms with Gasteiger partial charge in [0.25, 0.3) is 0 Å². The molecule has 2 bridgehead atoms. The minimum atomic E-state index is -0.692. The molecule has 0 spiro atoms. The molecule has 6 atom stereocenters. The average Bonchev–Trinajstić information content (AvgIpc) is 2.84. The summed E-state index contributed by atoms with van der Waals surface area (Å²) in [5.41, 5.74) is 2.47. The monoisotopic (exact) mass is 476 g/mol. The molecule has 0 aromatic rings. The summed E-state index contributed by atoms with van der Waals surface area (Å²) >= 11 is 0. The van der Waals surface area contributed by atoms with Crippen molar-refractivity contribution in [3.63, 3.8) is 0 Å². The molecule has 2 aliphatic heterocycles. The topological polar surface area (TPSA) is 125 Å². The van der Waals surface area contributed by atoms with E-state index >= 15 is 0 Å². The molecule has 5 rings (SSSR count). The molecule has 0 amide bonds. The highest BCUT2D eigenvalue weighted by atomic mass is 16.5. The van der Waals surface area contributed by atoms with Gasteiger partial charge in [-0.25, -0.2) is 0 Å². The lowest BCUT2D eigenvalue weighted by Gasteiger charge is -2.58. The van der Waals surface area contributed by atoms with E-state index in [2.05, 4.69) is 6.07 Å². The molecule has 3 aliphatic carbocycles. The fourth-order valence-corrected chi connectivity index (χ4v) is 7.27. The normalized spacial score (nSPS) is 35.2. The molecule has 1 N–H and O–H groups in total. The summed E-state index contributed by atoms with van der Waals surface area (Å²) in [7, 11) is 3.21. The summed E-state index contributed by atoms with van der Waals surface area (Å²) < 4.78 is 5.32. The third-order valence-corrected chi connectivity index (χ3v) is 9.04. The lowest BCUT2D eigenvalue weighted by molar-refractivity contribution is -0.124. The first kappa shape index (κ1) is 23.6. The van der Waals surface area contributed by atoms with Crippen LogP contribution >= 0.6 is 0 Å². The molecule has 2 heterocycles. The van der Waals surface area contributed by atoms with Crippen LogP contribution in [0.4, 0.5) is 0 Å². The first-order valence-corrected chi connectivity index (χ1v) is 11.9. The van der Waals surface area contributed by atoms with E-state index in [1.165, 1.54) is 7.11 Å². The van der Waals surface area contributed by atoms with Crippen LogP contribution in [0.1, 0.15) is 33.6 Å². The highest BCUT2D eigenvalue weighted by Gasteiger charge is 2.60. The van der Waals surface area contributed by atoms with Crippen LogP contribution in [-0.2, 0) is 23.9 Å². The summed E-state index contributed by atoms with van der Waals surface area (Å²) in [5.74, 6) is -3.17. The van der Waals surface area contributed by atoms with Crippen LogP contribution in [0.15, 0.2) is 44.8 Å². The van der Waals surface area contributed by atoms with Crippen LogP contribution < -0.4 is 0 Å². The maximum atomic E-state index is 13.6. The number of rotatable bonds is 2. The van der Waals surface area contributed by atoms with Crippen LogP contribution in [0.25, 0.3) is 0 Å². The largest absolute Gasteiger partial charge is 0.492 e. The molecule has 35 heavy (non-hydrogen) atoms. The van der Waals surface area contributed by atoms with E-state index in [4.69, 9.17) is 4.74 Å². The van der Waals surface area contributed by atoms with Crippen molar-refractivity contribution >= 4 is 23.1 Å². The molecular weight excluding hydrogens is 448 g/mol. The van der Waals surface area contributed by atoms with E-state index in [-0.39, 0.29) is 60.0 Å². The zero-order valence-corrected chi connectivity index (χ0v) is 20.5. The van der Waals surface area contributed by atoms with Crippen molar-refractivity contribution in [3.05, 3.63) is 44.8 Å². The van der Waals surface area contributed by atoms with Crippen LogP contribution in [0.5, 0.6) is 0 Å². The van der Waals surface area contributed by atoms with Crippen molar-refractivity contribution in [2.45, 2.75) is 45.7 Å². The molecule has 3 unspecified atom stereocenters. The Morgan fingerprint density at radius 3 is 2.14 bits per heavy atom. The number of methoxy groups -OCH3 is 1. The summed E-state index contributed by atoms with van der Waals surface area (Å²) in [6.45, 7) is 4.44. The predicted octanol–water partition coefficient (Wildman–Crippen LogP) is 1.61. The molecule has 0 aromatic heterocycles. The Morgan fingerprint density at radius 2 is 1.54 bits per heavy atom. The van der Waals surface area contributed by atoms with Gasteiger partial charge in [0.2, 0.25) is 5.78 Å². The number of ether oxygens (including phenoxy) is 1. The number of Topliss-reactive ketones (excluding diaryl/α,β-unsaturated/α-hetero) is 4.